The van der Waals surface area contributed by atoms with Gasteiger partial charge in [0.2, 0.25) is 5.91 Å². The summed E-state index contributed by atoms with van der Waals surface area (Å²) in [4.78, 5) is 13.5. The van der Waals surface area contributed by atoms with Gasteiger partial charge in [-0.25, -0.2) is 13.2 Å². The van der Waals surface area contributed by atoms with Gasteiger partial charge >= 0.3 is 0 Å². The van der Waals surface area contributed by atoms with Crippen molar-refractivity contribution in [2.24, 2.45) is 0 Å². The second-order valence-corrected chi connectivity index (χ2v) is 4.83. The van der Waals surface area contributed by atoms with Crippen LogP contribution >= 0.6 is 0 Å². The fraction of sp³-hybridized carbons (Fsp3) is 0.357. The van der Waals surface area contributed by atoms with Crippen LogP contribution in [0.4, 0.5) is 13.2 Å². The van der Waals surface area contributed by atoms with Crippen molar-refractivity contribution in [1.29, 1.82) is 0 Å². The van der Waals surface area contributed by atoms with Gasteiger partial charge < -0.3 is 9.64 Å². The quantitative estimate of drug-likeness (QED) is 0.742. The molecule has 3 rings (SSSR count). The highest BCUT2D eigenvalue weighted by molar-refractivity contribution is 5.80. The number of carbonyl (C=O) groups is 1. The number of hydrogen-bond acceptors (Lipinski definition) is 2. The van der Waals surface area contributed by atoms with E-state index in [1.807, 2.05) is 6.08 Å². The SMILES string of the molecule is O=C1CCC=C2COC[C@@H](c3cc(F)c(F)c(F)c3)N12. The number of amides is 1. The fourth-order valence-electron chi connectivity index (χ4n) is 2.61. The third-order valence-electron chi connectivity index (χ3n) is 3.54. The molecule has 0 aliphatic carbocycles. The van der Waals surface area contributed by atoms with Crippen LogP contribution in [-0.2, 0) is 9.53 Å². The Kier molecular flexibility index (Phi) is 3.25. The first-order valence-corrected chi connectivity index (χ1v) is 6.31. The Morgan fingerprint density at radius 2 is 1.90 bits per heavy atom. The van der Waals surface area contributed by atoms with E-state index in [4.69, 9.17) is 4.74 Å². The number of benzene rings is 1. The number of hydrogen-bond donors (Lipinski definition) is 0. The maximum absolute atomic E-state index is 13.3. The highest BCUT2D eigenvalue weighted by Gasteiger charge is 2.34. The lowest BCUT2D eigenvalue weighted by Crippen LogP contribution is -2.43. The number of morpholine rings is 1. The molecule has 1 atom stereocenters. The van der Waals surface area contributed by atoms with E-state index in [1.165, 1.54) is 4.90 Å². The minimum absolute atomic E-state index is 0.110. The van der Waals surface area contributed by atoms with E-state index in [1.54, 1.807) is 0 Å². The van der Waals surface area contributed by atoms with Gasteiger partial charge in [0.25, 0.3) is 0 Å². The summed E-state index contributed by atoms with van der Waals surface area (Å²) in [5.41, 5.74) is 0.893. The van der Waals surface area contributed by atoms with Crippen LogP contribution in [0.3, 0.4) is 0 Å². The molecule has 2 heterocycles. The smallest absolute Gasteiger partial charge is 0.227 e. The first-order valence-electron chi connectivity index (χ1n) is 6.31. The van der Waals surface area contributed by atoms with E-state index < -0.39 is 23.5 Å². The monoisotopic (exact) mass is 283 g/mol. The third-order valence-corrected chi connectivity index (χ3v) is 3.54. The van der Waals surface area contributed by atoms with Crippen LogP contribution in [0.5, 0.6) is 0 Å². The minimum Gasteiger partial charge on any atom is -0.373 e. The molecule has 0 aromatic heterocycles. The van der Waals surface area contributed by atoms with Gasteiger partial charge in [-0.15, -0.1) is 0 Å². The third kappa shape index (κ3) is 2.10. The van der Waals surface area contributed by atoms with Gasteiger partial charge in [0, 0.05) is 12.1 Å². The molecular formula is C14H12F3NO2. The number of fused-ring (bicyclic) bond motifs is 1. The van der Waals surface area contributed by atoms with Crippen LogP contribution in [0, 0.1) is 17.5 Å². The molecule has 2 aliphatic heterocycles. The Balaban J connectivity index is 2.02. The molecule has 106 valence electrons. The molecule has 0 unspecified atom stereocenters. The zero-order chi connectivity index (χ0) is 14.3. The van der Waals surface area contributed by atoms with E-state index in [0.717, 1.165) is 12.1 Å². The lowest BCUT2D eigenvalue weighted by molar-refractivity contribution is -0.136. The lowest BCUT2D eigenvalue weighted by atomic mass is 10.00. The van der Waals surface area contributed by atoms with Crippen molar-refractivity contribution in [2.75, 3.05) is 13.2 Å². The molecule has 1 aromatic carbocycles. The molecule has 6 heteroatoms. The van der Waals surface area contributed by atoms with Crippen LogP contribution in [0.25, 0.3) is 0 Å². The predicted octanol–water partition coefficient (Wildman–Crippen LogP) is 2.68. The maximum Gasteiger partial charge on any atom is 0.227 e. The Morgan fingerprint density at radius 1 is 1.20 bits per heavy atom. The van der Waals surface area contributed by atoms with Crippen LogP contribution in [-0.4, -0.2) is 24.0 Å². The highest BCUT2D eigenvalue weighted by atomic mass is 19.2. The number of rotatable bonds is 1. The van der Waals surface area contributed by atoms with Gasteiger partial charge in [0.1, 0.15) is 0 Å². The fourth-order valence-corrected chi connectivity index (χ4v) is 2.61. The van der Waals surface area contributed by atoms with Crippen molar-refractivity contribution < 1.29 is 22.7 Å². The maximum atomic E-state index is 13.3. The molecule has 20 heavy (non-hydrogen) atoms. The molecule has 1 fully saturated rings. The van der Waals surface area contributed by atoms with Gasteiger partial charge in [0.15, 0.2) is 17.5 Å². The van der Waals surface area contributed by atoms with E-state index in [2.05, 4.69) is 0 Å². The number of carbonyl (C=O) groups excluding carboxylic acids is 1. The molecule has 0 spiro atoms. The normalized spacial score (nSPS) is 22.6. The predicted molar refractivity (Wildman–Crippen MR) is 64.0 cm³/mol. The summed E-state index contributed by atoms with van der Waals surface area (Å²) in [5.74, 6) is -4.15. The summed E-state index contributed by atoms with van der Waals surface area (Å²) in [6, 6.07) is 1.21. The summed E-state index contributed by atoms with van der Waals surface area (Å²) >= 11 is 0. The largest absolute Gasteiger partial charge is 0.373 e. The van der Waals surface area contributed by atoms with E-state index in [-0.39, 0.29) is 18.1 Å². The highest BCUT2D eigenvalue weighted by Crippen LogP contribution is 2.33. The minimum atomic E-state index is -1.51. The zero-order valence-electron chi connectivity index (χ0n) is 10.5. The molecule has 0 radical (unpaired) electrons. The second-order valence-electron chi connectivity index (χ2n) is 4.83. The van der Waals surface area contributed by atoms with Gasteiger partial charge in [-0.2, -0.15) is 0 Å². The van der Waals surface area contributed by atoms with E-state index in [9.17, 15) is 18.0 Å². The summed E-state index contributed by atoms with van der Waals surface area (Å²) in [7, 11) is 0. The van der Waals surface area contributed by atoms with Crippen molar-refractivity contribution in [1.82, 2.24) is 4.90 Å². The topological polar surface area (TPSA) is 29.5 Å². The van der Waals surface area contributed by atoms with Crippen molar-refractivity contribution in [3.05, 3.63) is 46.9 Å². The molecule has 0 N–H and O–H groups in total. The number of ether oxygens (including phenoxy) is 1. The Bertz CT molecular complexity index is 577. The molecule has 1 saturated heterocycles. The molecule has 3 nitrogen and oxygen atoms in total. The number of nitrogens with zero attached hydrogens (tertiary/aromatic N) is 1. The standard InChI is InChI=1S/C14H12F3NO2/c15-10-4-8(5-11(16)14(10)17)12-7-20-6-9-2-1-3-13(19)18(9)12/h2,4-5,12H,1,3,6-7H2/t12-/m0/s1. The first-order chi connectivity index (χ1) is 9.58. The van der Waals surface area contributed by atoms with Crippen LogP contribution in [0.2, 0.25) is 0 Å². The number of halogens is 3. The van der Waals surface area contributed by atoms with Crippen molar-refractivity contribution >= 4 is 5.91 Å². The summed E-state index contributed by atoms with van der Waals surface area (Å²) in [6.45, 7) is 0.433. The zero-order valence-corrected chi connectivity index (χ0v) is 10.5. The van der Waals surface area contributed by atoms with Crippen LogP contribution < -0.4 is 0 Å². The van der Waals surface area contributed by atoms with Crippen LogP contribution in [0.15, 0.2) is 23.9 Å². The molecule has 0 bridgehead atoms. The van der Waals surface area contributed by atoms with Gasteiger partial charge in [-0.3, -0.25) is 4.79 Å². The molecule has 1 amide bonds. The van der Waals surface area contributed by atoms with Crippen molar-refractivity contribution in [3.8, 4) is 0 Å². The van der Waals surface area contributed by atoms with Gasteiger partial charge in [-0.05, 0) is 24.1 Å². The Hall–Kier alpha value is -1.82. The average Bonchev–Trinajstić information content (AvgIpc) is 2.44. The summed E-state index contributed by atoms with van der Waals surface area (Å²) in [5, 5.41) is 0. The molecule has 0 saturated carbocycles. The molecule has 2 aliphatic rings. The first kappa shape index (κ1) is 13.2. The molecular weight excluding hydrogens is 271 g/mol. The van der Waals surface area contributed by atoms with E-state index in [0.29, 0.717) is 25.1 Å². The number of allylic oxidation sites excluding steroid dienone is 1. The summed E-state index contributed by atoms with van der Waals surface area (Å²) in [6.07, 6.45) is 2.86. The second kappa shape index (κ2) is 4.94. The van der Waals surface area contributed by atoms with Crippen molar-refractivity contribution in [2.45, 2.75) is 18.9 Å². The Labute approximate surface area is 113 Å². The Morgan fingerprint density at radius 3 is 2.60 bits per heavy atom. The average molecular weight is 283 g/mol. The van der Waals surface area contributed by atoms with Gasteiger partial charge in [0.05, 0.1) is 19.3 Å². The summed E-state index contributed by atoms with van der Waals surface area (Å²) < 4.78 is 45.1. The lowest BCUT2D eigenvalue weighted by Gasteiger charge is -2.39. The van der Waals surface area contributed by atoms with Gasteiger partial charge in [-0.1, -0.05) is 6.08 Å². The van der Waals surface area contributed by atoms with Crippen molar-refractivity contribution in [3.63, 3.8) is 0 Å². The van der Waals surface area contributed by atoms with Crippen LogP contribution in [0.1, 0.15) is 24.4 Å². The molecule has 1 aromatic rings. The van der Waals surface area contributed by atoms with E-state index >= 15 is 0 Å².